The summed E-state index contributed by atoms with van der Waals surface area (Å²) in [5.41, 5.74) is 0. The third-order valence-electron chi connectivity index (χ3n) is 2.10. The fourth-order valence-corrected chi connectivity index (χ4v) is 1.27. The Bertz CT molecular complexity index is 277. The molecule has 17 heavy (non-hydrogen) atoms. The molecule has 0 spiro atoms. The van der Waals surface area contributed by atoms with E-state index in [4.69, 9.17) is 5.11 Å². The number of rotatable bonds is 8. The van der Waals surface area contributed by atoms with Crippen LogP contribution in [0, 0.1) is 0 Å². The molecule has 0 rings (SSSR count). The van der Waals surface area contributed by atoms with Gasteiger partial charge in [0.15, 0.2) is 0 Å². The molecule has 1 atom stereocenters. The molecule has 0 aliphatic carbocycles. The van der Waals surface area contributed by atoms with Gasteiger partial charge in [0, 0.05) is 0 Å². The second kappa shape index (κ2) is 11.0. The van der Waals surface area contributed by atoms with Crippen molar-refractivity contribution in [3.05, 3.63) is 36.5 Å². The van der Waals surface area contributed by atoms with Crippen molar-refractivity contribution in [2.75, 3.05) is 0 Å². The Kier molecular flexibility index (Phi) is 10.0. The minimum atomic E-state index is -1.23. The normalized spacial score (nSPS) is 13.8. The van der Waals surface area contributed by atoms with Gasteiger partial charge in [-0.3, -0.25) is 0 Å². The number of hydrogen-bond acceptors (Lipinski definition) is 2. The average Bonchev–Trinajstić information content (AvgIpc) is 2.26. The number of allylic oxidation sites excluding steroid dienone is 5. The minimum Gasteiger partial charge on any atom is -0.450 e. The number of carboxylic acid groups (broad SMARTS) is 1. The SMILES string of the molecule is CC=CCCC=CCCC=CC(C)OC(=O)O. The molecule has 3 nitrogen and oxygen atoms in total. The van der Waals surface area contributed by atoms with Gasteiger partial charge in [-0.2, -0.15) is 0 Å². The molecule has 0 aromatic heterocycles. The van der Waals surface area contributed by atoms with E-state index in [0.29, 0.717) is 0 Å². The highest BCUT2D eigenvalue weighted by atomic mass is 16.7. The van der Waals surface area contributed by atoms with Gasteiger partial charge in [0.25, 0.3) is 0 Å². The van der Waals surface area contributed by atoms with E-state index >= 15 is 0 Å². The van der Waals surface area contributed by atoms with E-state index in [2.05, 4.69) is 29.0 Å². The summed E-state index contributed by atoms with van der Waals surface area (Å²) in [5.74, 6) is 0. The second-order valence-electron chi connectivity index (χ2n) is 3.71. The van der Waals surface area contributed by atoms with Crippen molar-refractivity contribution in [1.82, 2.24) is 0 Å². The van der Waals surface area contributed by atoms with Crippen LogP contribution in [0.5, 0.6) is 0 Å². The number of ether oxygens (including phenoxy) is 1. The molecule has 0 amide bonds. The van der Waals surface area contributed by atoms with Crippen LogP contribution in [0.4, 0.5) is 4.79 Å². The molecule has 0 heterocycles. The Morgan fingerprint density at radius 1 is 1.12 bits per heavy atom. The van der Waals surface area contributed by atoms with Crippen molar-refractivity contribution < 1.29 is 14.6 Å². The van der Waals surface area contributed by atoms with Gasteiger partial charge in [-0.15, -0.1) is 0 Å². The Labute approximate surface area is 103 Å². The maximum atomic E-state index is 10.2. The summed E-state index contributed by atoms with van der Waals surface area (Å²) in [6.45, 7) is 3.73. The summed E-state index contributed by atoms with van der Waals surface area (Å²) in [6.07, 6.45) is 14.7. The number of carbonyl (C=O) groups is 1. The largest absolute Gasteiger partial charge is 0.506 e. The van der Waals surface area contributed by atoms with Crippen molar-refractivity contribution >= 4 is 6.16 Å². The van der Waals surface area contributed by atoms with E-state index in [9.17, 15) is 4.79 Å². The highest BCUT2D eigenvalue weighted by Crippen LogP contribution is 2.00. The first-order chi connectivity index (χ1) is 8.16. The van der Waals surface area contributed by atoms with Gasteiger partial charge < -0.3 is 9.84 Å². The molecule has 0 radical (unpaired) electrons. The number of hydrogen-bond donors (Lipinski definition) is 1. The van der Waals surface area contributed by atoms with E-state index in [1.165, 1.54) is 0 Å². The van der Waals surface area contributed by atoms with Gasteiger partial charge in [-0.05, 0) is 45.6 Å². The lowest BCUT2D eigenvalue weighted by molar-refractivity contribution is 0.0751. The zero-order valence-electron chi connectivity index (χ0n) is 10.6. The molecule has 1 N–H and O–H groups in total. The monoisotopic (exact) mass is 238 g/mol. The fraction of sp³-hybridized carbons (Fsp3) is 0.500. The van der Waals surface area contributed by atoms with Gasteiger partial charge in [0.05, 0.1) is 0 Å². The topological polar surface area (TPSA) is 46.5 Å². The summed E-state index contributed by atoms with van der Waals surface area (Å²) in [7, 11) is 0. The van der Waals surface area contributed by atoms with Gasteiger partial charge >= 0.3 is 6.16 Å². The van der Waals surface area contributed by atoms with Crippen LogP contribution in [0.2, 0.25) is 0 Å². The van der Waals surface area contributed by atoms with Crippen molar-refractivity contribution in [3.63, 3.8) is 0 Å². The Hall–Kier alpha value is -1.51. The predicted molar refractivity (Wildman–Crippen MR) is 70.1 cm³/mol. The van der Waals surface area contributed by atoms with E-state index in [1.807, 2.05) is 13.0 Å². The third-order valence-corrected chi connectivity index (χ3v) is 2.10. The summed E-state index contributed by atoms with van der Waals surface area (Å²) in [6, 6.07) is 0. The minimum absolute atomic E-state index is 0.369. The lowest BCUT2D eigenvalue weighted by atomic mass is 10.2. The summed E-state index contributed by atoms with van der Waals surface area (Å²) in [5, 5.41) is 8.35. The van der Waals surface area contributed by atoms with Crippen LogP contribution in [0.3, 0.4) is 0 Å². The molecule has 0 fully saturated rings. The lowest BCUT2D eigenvalue weighted by Crippen LogP contribution is -2.09. The van der Waals surface area contributed by atoms with Crippen molar-refractivity contribution in [3.8, 4) is 0 Å². The smallest absolute Gasteiger partial charge is 0.450 e. The Morgan fingerprint density at radius 3 is 2.18 bits per heavy atom. The van der Waals surface area contributed by atoms with Crippen molar-refractivity contribution in [2.24, 2.45) is 0 Å². The first kappa shape index (κ1) is 15.5. The molecule has 0 aromatic rings. The van der Waals surface area contributed by atoms with E-state index < -0.39 is 6.16 Å². The van der Waals surface area contributed by atoms with Crippen LogP contribution >= 0.6 is 0 Å². The van der Waals surface area contributed by atoms with Crippen LogP contribution in [-0.4, -0.2) is 17.4 Å². The summed E-state index contributed by atoms with van der Waals surface area (Å²) in [4.78, 5) is 10.2. The summed E-state index contributed by atoms with van der Waals surface area (Å²) < 4.78 is 4.53. The van der Waals surface area contributed by atoms with Gasteiger partial charge in [0.1, 0.15) is 6.10 Å². The molecule has 96 valence electrons. The van der Waals surface area contributed by atoms with Crippen molar-refractivity contribution in [2.45, 2.75) is 45.6 Å². The lowest BCUT2D eigenvalue weighted by Gasteiger charge is -2.03. The van der Waals surface area contributed by atoms with Crippen LogP contribution in [0.1, 0.15) is 39.5 Å². The summed E-state index contributed by atoms with van der Waals surface area (Å²) >= 11 is 0. The molecule has 0 aliphatic rings. The van der Waals surface area contributed by atoms with Gasteiger partial charge in [-0.1, -0.05) is 30.4 Å². The molecule has 0 saturated carbocycles. The Balaban J connectivity index is 3.49. The number of unbranched alkanes of at least 4 members (excludes halogenated alkanes) is 2. The highest BCUT2D eigenvalue weighted by Gasteiger charge is 2.01. The second-order valence-corrected chi connectivity index (χ2v) is 3.71. The van der Waals surface area contributed by atoms with Gasteiger partial charge in [0.2, 0.25) is 0 Å². The van der Waals surface area contributed by atoms with Crippen molar-refractivity contribution in [1.29, 1.82) is 0 Å². The molecule has 1 unspecified atom stereocenters. The van der Waals surface area contributed by atoms with E-state index in [0.717, 1.165) is 25.7 Å². The molecule has 3 heteroatoms. The third kappa shape index (κ3) is 12.4. The first-order valence-corrected chi connectivity index (χ1v) is 5.99. The molecular formula is C14H22O3. The molecule has 0 aromatic carbocycles. The zero-order chi connectivity index (χ0) is 12.9. The zero-order valence-corrected chi connectivity index (χ0v) is 10.6. The molecule has 0 bridgehead atoms. The standard InChI is InChI=1S/C14H22O3/c1-3-4-5-6-7-8-9-10-11-12-13(2)17-14(15)16/h3-4,7-8,11-13H,5-6,9-10H2,1-2H3,(H,15,16). The predicted octanol–water partition coefficient (Wildman–Crippen LogP) is 4.32. The Morgan fingerprint density at radius 2 is 1.65 bits per heavy atom. The van der Waals surface area contributed by atoms with Crippen LogP contribution < -0.4 is 0 Å². The first-order valence-electron chi connectivity index (χ1n) is 5.99. The van der Waals surface area contributed by atoms with Crippen LogP contribution in [0.15, 0.2) is 36.5 Å². The van der Waals surface area contributed by atoms with Crippen LogP contribution in [0.25, 0.3) is 0 Å². The molecule has 0 saturated heterocycles. The average molecular weight is 238 g/mol. The van der Waals surface area contributed by atoms with Crippen LogP contribution in [-0.2, 0) is 4.74 Å². The fourth-order valence-electron chi connectivity index (χ4n) is 1.27. The molecule has 0 aliphatic heterocycles. The quantitative estimate of drug-likeness (QED) is 0.389. The van der Waals surface area contributed by atoms with E-state index in [1.54, 1.807) is 13.0 Å². The highest BCUT2D eigenvalue weighted by molar-refractivity contribution is 5.57. The maximum absolute atomic E-state index is 10.2. The van der Waals surface area contributed by atoms with E-state index in [-0.39, 0.29) is 6.10 Å². The molecular weight excluding hydrogens is 216 g/mol. The maximum Gasteiger partial charge on any atom is 0.506 e. The van der Waals surface area contributed by atoms with Gasteiger partial charge in [-0.25, -0.2) is 4.79 Å².